The Morgan fingerprint density at radius 2 is 1.92 bits per heavy atom. The minimum absolute atomic E-state index is 0. The number of hydrogen-bond donors (Lipinski definition) is 2. The third-order valence-electron chi connectivity index (χ3n) is 4.41. The van der Waals surface area contributed by atoms with Crippen LogP contribution in [0, 0.1) is 5.82 Å². The van der Waals surface area contributed by atoms with Crippen LogP contribution in [0.2, 0.25) is 0 Å². The molecule has 0 bridgehead atoms. The number of rotatable bonds is 5. The van der Waals surface area contributed by atoms with Crippen molar-refractivity contribution in [1.29, 1.82) is 0 Å². The van der Waals surface area contributed by atoms with Gasteiger partial charge < -0.3 is 10.6 Å². The van der Waals surface area contributed by atoms with Crippen molar-refractivity contribution in [2.24, 2.45) is 0 Å². The summed E-state index contributed by atoms with van der Waals surface area (Å²) in [7, 11) is 0. The second kappa shape index (κ2) is 11.0. The van der Waals surface area contributed by atoms with Gasteiger partial charge in [-0.1, -0.05) is 30.3 Å². The lowest BCUT2D eigenvalue weighted by molar-refractivity contribution is 0.304. The molecule has 0 amide bonds. The standard InChI is InChI=1S/C19H23FN2S.2ClH/c1-23-18-10-9-16(20)12-15(18)13-22-17-8-5-11-21-19(17)14-6-3-2-4-7-14;;/h2-4,6-7,9-10,12,17,19,21-22H,5,8,11,13H2,1H3;2*1H/t17-,19-;;/m0../s1. The van der Waals surface area contributed by atoms with Crippen molar-refractivity contribution in [3.8, 4) is 0 Å². The van der Waals surface area contributed by atoms with E-state index in [0.717, 1.165) is 23.4 Å². The first-order chi connectivity index (χ1) is 11.3. The summed E-state index contributed by atoms with van der Waals surface area (Å²) in [5.74, 6) is -0.166. The molecule has 0 aromatic heterocycles. The molecule has 6 heteroatoms. The van der Waals surface area contributed by atoms with Gasteiger partial charge in [-0.2, -0.15) is 0 Å². The highest BCUT2D eigenvalue weighted by atomic mass is 35.5. The van der Waals surface area contributed by atoms with Gasteiger partial charge in [0.25, 0.3) is 0 Å². The molecule has 2 nitrogen and oxygen atoms in total. The zero-order valence-corrected chi connectivity index (χ0v) is 16.7. The molecule has 0 radical (unpaired) electrons. The highest BCUT2D eigenvalue weighted by Crippen LogP contribution is 2.25. The van der Waals surface area contributed by atoms with Crippen LogP contribution in [0.15, 0.2) is 53.4 Å². The minimum Gasteiger partial charge on any atom is -0.309 e. The van der Waals surface area contributed by atoms with Gasteiger partial charge in [0.1, 0.15) is 5.82 Å². The Balaban J connectivity index is 0.00000156. The van der Waals surface area contributed by atoms with Crippen molar-refractivity contribution in [1.82, 2.24) is 10.6 Å². The lowest BCUT2D eigenvalue weighted by Gasteiger charge is -2.34. The Bertz CT molecular complexity index is 643. The fraction of sp³-hybridized carbons (Fsp3) is 0.368. The Hall–Kier alpha value is -0.780. The van der Waals surface area contributed by atoms with Gasteiger partial charge in [0.05, 0.1) is 0 Å². The molecule has 0 unspecified atom stereocenters. The fourth-order valence-electron chi connectivity index (χ4n) is 3.25. The van der Waals surface area contributed by atoms with Crippen molar-refractivity contribution in [2.75, 3.05) is 12.8 Å². The molecule has 1 aliphatic heterocycles. The predicted molar refractivity (Wildman–Crippen MR) is 110 cm³/mol. The summed E-state index contributed by atoms with van der Waals surface area (Å²) < 4.78 is 13.5. The number of halogens is 3. The monoisotopic (exact) mass is 402 g/mol. The van der Waals surface area contributed by atoms with Gasteiger partial charge in [0.15, 0.2) is 0 Å². The zero-order valence-electron chi connectivity index (χ0n) is 14.2. The van der Waals surface area contributed by atoms with E-state index < -0.39 is 0 Å². The molecule has 1 heterocycles. The number of piperidine rings is 1. The first-order valence-corrected chi connectivity index (χ1v) is 9.34. The van der Waals surface area contributed by atoms with Gasteiger partial charge >= 0.3 is 0 Å². The maximum absolute atomic E-state index is 13.5. The smallest absolute Gasteiger partial charge is 0.123 e. The topological polar surface area (TPSA) is 24.1 Å². The Labute approximate surface area is 166 Å². The average molecular weight is 403 g/mol. The van der Waals surface area contributed by atoms with Crippen molar-refractivity contribution in [3.63, 3.8) is 0 Å². The van der Waals surface area contributed by atoms with Gasteiger partial charge in [0, 0.05) is 23.5 Å². The van der Waals surface area contributed by atoms with Crippen molar-refractivity contribution < 1.29 is 4.39 Å². The number of hydrogen-bond acceptors (Lipinski definition) is 3. The van der Waals surface area contributed by atoms with E-state index in [0.29, 0.717) is 18.6 Å². The minimum atomic E-state index is -0.166. The Kier molecular flexibility index (Phi) is 9.83. The lowest BCUT2D eigenvalue weighted by atomic mass is 9.92. The van der Waals surface area contributed by atoms with Crippen LogP contribution in [0.25, 0.3) is 0 Å². The Morgan fingerprint density at radius 1 is 1.16 bits per heavy atom. The quantitative estimate of drug-likeness (QED) is 0.689. The van der Waals surface area contributed by atoms with Crippen LogP contribution in [-0.4, -0.2) is 18.8 Å². The maximum Gasteiger partial charge on any atom is 0.123 e. The molecule has 1 saturated heterocycles. The first-order valence-electron chi connectivity index (χ1n) is 8.12. The van der Waals surface area contributed by atoms with E-state index in [1.54, 1.807) is 17.8 Å². The lowest BCUT2D eigenvalue weighted by Crippen LogP contribution is -2.45. The SMILES string of the molecule is CSc1ccc(F)cc1CN[C@H]1CCCN[C@H]1c1ccccc1.Cl.Cl. The molecule has 2 aromatic rings. The normalized spacial score (nSPS) is 19.6. The molecule has 3 rings (SSSR count). The van der Waals surface area contributed by atoms with Crippen LogP contribution in [0.5, 0.6) is 0 Å². The van der Waals surface area contributed by atoms with Crippen LogP contribution in [0.1, 0.15) is 30.0 Å². The molecule has 2 atom stereocenters. The number of thioether (sulfide) groups is 1. The van der Waals surface area contributed by atoms with E-state index in [2.05, 4.69) is 34.9 Å². The van der Waals surface area contributed by atoms with Crippen molar-refractivity contribution >= 4 is 36.6 Å². The van der Waals surface area contributed by atoms with Crippen LogP contribution in [-0.2, 0) is 6.54 Å². The van der Waals surface area contributed by atoms with E-state index >= 15 is 0 Å². The van der Waals surface area contributed by atoms with E-state index in [-0.39, 0.29) is 30.6 Å². The predicted octanol–water partition coefficient (Wildman–Crippen LogP) is 4.97. The van der Waals surface area contributed by atoms with Crippen LogP contribution in [0.4, 0.5) is 4.39 Å². The average Bonchev–Trinajstić information content (AvgIpc) is 2.61. The molecule has 25 heavy (non-hydrogen) atoms. The molecular formula is C19H25Cl2FN2S. The van der Waals surface area contributed by atoms with E-state index in [1.165, 1.54) is 18.1 Å². The highest BCUT2D eigenvalue weighted by molar-refractivity contribution is 7.98. The van der Waals surface area contributed by atoms with Gasteiger partial charge in [0.2, 0.25) is 0 Å². The molecule has 2 N–H and O–H groups in total. The molecule has 0 saturated carbocycles. The summed E-state index contributed by atoms with van der Waals surface area (Å²) in [6.07, 6.45) is 4.34. The third kappa shape index (κ3) is 5.87. The van der Waals surface area contributed by atoms with Gasteiger partial charge in [-0.3, -0.25) is 0 Å². The van der Waals surface area contributed by atoms with Gasteiger partial charge in [-0.25, -0.2) is 4.39 Å². The second-order valence-electron chi connectivity index (χ2n) is 5.93. The van der Waals surface area contributed by atoms with Crippen LogP contribution < -0.4 is 10.6 Å². The molecule has 1 aliphatic rings. The molecule has 0 spiro atoms. The molecule has 2 aromatic carbocycles. The summed E-state index contributed by atoms with van der Waals surface area (Å²) in [5.41, 5.74) is 2.35. The summed E-state index contributed by atoms with van der Waals surface area (Å²) >= 11 is 1.67. The van der Waals surface area contributed by atoms with E-state index in [9.17, 15) is 4.39 Å². The molecule has 1 fully saturated rings. The van der Waals surface area contributed by atoms with Gasteiger partial charge in [-0.15, -0.1) is 36.6 Å². The van der Waals surface area contributed by atoms with Crippen LogP contribution >= 0.6 is 36.6 Å². The van der Waals surface area contributed by atoms with Crippen LogP contribution in [0.3, 0.4) is 0 Å². The fourth-order valence-corrected chi connectivity index (χ4v) is 3.84. The molecular weight excluding hydrogens is 378 g/mol. The summed E-state index contributed by atoms with van der Waals surface area (Å²) in [6, 6.07) is 16.3. The van der Waals surface area contributed by atoms with Crippen molar-refractivity contribution in [3.05, 3.63) is 65.5 Å². The molecule has 0 aliphatic carbocycles. The number of nitrogens with one attached hydrogen (secondary N) is 2. The largest absolute Gasteiger partial charge is 0.309 e. The highest BCUT2D eigenvalue weighted by Gasteiger charge is 2.25. The zero-order chi connectivity index (χ0) is 16.1. The first kappa shape index (κ1) is 22.3. The van der Waals surface area contributed by atoms with E-state index in [1.807, 2.05) is 18.4 Å². The summed E-state index contributed by atoms with van der Waals surface area (Å²) in [5, 5.41) is 7.27. The Morgan fingerprint density at radius 3 is 2.64 bits per heavy atom. The number of benzene rings is 2. The summed E-state index contributed by atoms with van der Waals surface area (Å²) in [6.45, 7) is 1.75. The van der Waals surface area contributed by atoms with Crippen molar-refractivity contribution in [2.45, 2.75) is 36.4 Å². The van der Waals surface area contributed by atoms with Gasteiger partial charge in [-0.05, 0) is 55.0 Å². The molecule has 138 valence electrons. The maximum atomic E-state index is 13.5. The second-order valence-corrected chi connectivity index (χ2v) is 6.78. The third-order valence-corrected chi connectivity index (χ3v) is 5.25. The van der Waals surface area contributed by atoms with E-state index in [4.69, 9.17) is 0 Å². The summed E-state index contributed by atoms with van der Waals surface area (Å²) in [4.78, 5) is 1.14.